The van der Waals surface area contributed by atoms with Crippen LogP contribution in [0.4, 0.5) is 4.79 Å². The maximum absolute atomic E-state index is 11.3. The summed E-state index contributed by atoms with van der Waals surface area (Å²) in [6.45, 7) is -0.182. The summed E-state index contributed by atoms with van der Waals surface area (Å²) in [5.74, 6) is -1.52. The van der Waals surface area contributed by atoms with Crippen LogP contribution in [0.25, 0.3) is 0 Å². The van der Waals surface area contributed by atoms with Crippen molar-refractivity contribution < 1.29 is 19.5 Å². The Kier molecular flexibility index (Phi) is 4.94. The Balaban J connectivity index is 2.45. The minimum Gasteiger partial charge on any atom is -0.481 e. The average Bonchev–Trinajstić information content (AvgIpc) is 2.34. The molecule has 0 aromatic rings. The van der Waals surface area contributed by atoms with Crippen LogP contribution in [-0.4, -0.2) is 36.1 Å². The fraction of sp³-hybridized carbons (Fsp3) is 0.727. The minimum absolute atomic E-state index is 0.0763. The standard InChI is InChI=1S/C11H19N3O4/c12-8(15)6-13-10(18)14-7-11(9(16)17)4-2-1-3-5-11/h1-7H2,(H2,12,15)(H,16,17)(H2,13,14,18). The summed E-state index contributed by atoms with van der Waals surface area (Å²) in [5.41, 5.74) is 4.01. The molecule has 0 atom stereocenters. The quantitative estimate of drug-likeness (QED) is 0.545. The predicted molar refractivity (Wildman–Crippen MR) is 63.7 cm³/mol. The Morgan fingerprint density at radius 1 is 1.11 bits per heavy atom. The number of hydrogen-bond donors (Lipinski definition) is 4. The van der Waals surface area contributed by atoms with E-state index in [0.29, 0.717) is 12.8 Å². The highest BCUT2D eigenvalue weighted by atomic mass is 16.4. The fourth-order valence-corrected chi connectivity index (χ4v) is 2.17. The van der Waals surface area contributed by atoms with Gasteiger partial charge in [-0.2, -0.15) is 0 Å². The first kappa shape index (κ1) is 14.3. The first-order valence-electron chi connectivity index (χ1n) is 6.00. The lowest BCUT2D eigenvalue weighted by Gasteiger charge is -2.33. The smallest absolute Gasteiger partial charge is 0.315 e. The number of urea groups is 1. The van der Waals surface area contributed by atoms with Gasteiger partial charge in [-0.3, -0.25) is 9.59 Å². The van der Waals surface area contributed by atoms with E-state index in [4.69, 9.17) is 5.73 Å². The lowest BCUT2D eigenvalue weighted by atomic mass is 9.74. The highest BCUT2D eigenvalue weighted by Crippen LogP contribution is 2.35. The number of carboxylic acids is 1. The molecule has 7 heteroatoms. The number of aliphatic carboxylic acids is 1. The lowest BCUT2D eigenvalue weighted by Crippen LogP contribution is -2.48. The Morgan fingerprint density at radius 3 is 2.22 bits per heavy atom. The largest absolute Gasteiger partial charge is 0.481 e. The average molecular weight is 257 g/mol. The molecular weight excluding hydrogens is 238 g/mol. The number of carbonyl (C=O) groups is 3. The summed E-state index contributed by atoms with van der Waals surface area (Å²) in [7, 11) is 0. The molecule has 1 saturated carbocycles. The molecule has 0 heterocycles. The molecule has 0 radical (unpaired) electrons. The van der Waals surface area contributed by atoms with Crippen LogP contribution >= 0.6 is 0 Å². The summed E-state index contributed by atoms with van der Waals surface area (Å²) in [6, 6.07) is -0.569. The van der Waals surface area contributed by atoms with E-state index in [0.717, 1.165) is 19.3 Å². The van der Waals surface area contributed by atoms with Gasteiger partial charge in [-0.05, 0) is 12.8 Å². The summed E-state index contributed by atoms with van der Waals surface area (Å²) >= 11 is 0. The monoisotopic (exact) mass is 257 g/mol. The molecule has 5 N–H and O–H groups in total. The van der Waals surface area contributed by atoms with E-state index in [1.807, 2.05) is 0 Å². The third-order valence-corrected chi connectivity index (χ3v) is 3.27. The maximum atomic E-state index is 11.3. The van der Waals surface area contributed by atoms with Crippen LogP contribution in [-0.2, 0) is 9.59 Å². The Morgan fingerprint density at radius 2 is 1.72 bits per heavy atom. The third kappa shape index (κ3) is 3.90. The van der Waals surface area contributed by atoms with Crippen LogP contribution in [0.5, 0.6) is 0 Å². The van der Waals surface area contributed by atoms with Crippen LogP contribution in [0.1, 0.15) is 32.1 Å². The van der Waals surface area contributed by atoms with Crippen LogP contribution in [0, 0.1) is 5.41 Å². The molecule has 102 valence electrons. The number of rotatable bonds is 5. The number of nitrogens with two attached hydrogens (primary N) is 1. The van der Waals surface area contributed by atoms with E-state index in [1.165, 1.54) is 0 Å². The zero-order valence-corrected chi connectivity index (χ0v) is 10.2. The number of primary amides is 1. The molecule has 0 aliphatic heterocycles. The van der Waals surface area contributed by atoms with E-state index in [2.05, 4.69) is 10.6 Å². The Bertz CT molecular complexity index is 337. The zero-order chi connectivity index (χ0) is 13.6. The van der Waals surface area contributed by atoms with E-state index in [-0.39, 0.29) is 13.1 Å². The van der Waals surface area contributed by atoms with Crippen LogP contribution in [0.3, 0.4) is 0 Å². The van der Waals surface area contributed by atoms with Gasteiger partial charge in [0.1, 0.15) is 0 Å². The number of carbonyl (C=O) groups excluding carboxylic acids is 2. The maximum Gasteiger partial charge on any atom is 0.315 e. The minimum atomic E-state index is -0.877. The predicted octanol–water partition coefficient (Wildman–Crippen LogP) is -0.194. The molecule has 1 aliphatic carbocycles. The second-order valence-corrected chi connectivity index (χ2v) is 4.65. The van der Waals surface area contributed by atoms with Crippen molar-refractivity contribution in [2.75, 3.05) is 13.1 Å². The second-order valence-electron chi connectivity index (χ2n) is 4.65. The van der Waals surface area contributed by atoms with Gasteiger partial charge in [-0.25, -0.2) is 4.79 Å². The third-order valence-electron chi connectivity index (χ3n) is 3.27. The molecule has 0 spiro atoms. The van der Waals surface area contributed by atoms with Crippen LogP contribution in [0.2, 0.25) is 0 Å². The molecule has 0 aromatic carbocycles. The van der Waals surface area contributed by atoms with Crippen LogP contribution < -0.4 is 16.4 Å². The Hall–Kier alpha value is -1.79. The summed E-state index contributed by atoms with van der Waals surface area (Å²) in [6.07, 6.45) is 3.88. The van der Waals surface area contributed by atoms with Crippen molar-refractivity contribution in [1.29, 1.82) is 0 Å². The molecule has 1 fully saturated rings. The topological polar surface area (TPSA) is 122 Å². The van der Waals surface area contributed by atoms with Crippen LogP contribution in [0.15, 0.2) is 0 Å². The molecule has 18 heavy (non-hydrogen) atoms. The van der Waals surface area contributed by atoms with E-state index in [1.54, 1.807) is 0 Å². The van der Waals surface area contributed by atoms with Gasteiger partial charge in [0, 0.05) is 6.54 Å². The molecule has 7 nitrogen and oxygen atoms in total. The lowest BCUT2D eigenvalue weighted by molar-refractivity contribution is -0.150. The van der Waals surface area contributed by atoms with Gasteiger partial charge in [-0.15, -0.1) is 0 Å². The van der Waals surface area contributed by atoms with Gasteiger partial charge in [-0.1, -0.05) is 19.3 Å². The van der Waals surface area contributed by atoms with Crippen molar-refractivity contribution in [1.82, 2.24) is 10.6 Å². The van der Waals surface area contributed by atoms with Gasteiger partial charge in [0.2, 0.25) is 5.91 Å². The second kappa shape index (κ2) is 6.23. The highest BCUT2D eigenvalue weighted by Gasteiger charge is 2.39. The molecule has 0 bridgehead atoms. The van der Waals surface area contributed by atoms with Crippen molar-refractivity contribution in [3.63, 3.8) is 0 Å². The van der Waals surface area contributed by atoms with Gasteiger partial charge >= 0.3 is 12.0 Å². The number of carboxylic acid groups (broad SMARTS) is 1. The van der Waals surface area contributed by atoms with Gasteiger partial charge in [0.25, 0.3) is 0 Å². The van der Waals surface area contributed by atoms with Gasteiger partial charge in [0.05, 0.1) is 12.0 Å². The summed E-state index contributed by atoms with van der Waals surface area (Å²) in [5, 5.41) is 14.0. The normalized spacial score (nSPS) is 17.8. The number of amides is 3. The SMILES string of the molecule is NC(=O)CNC(=O)NCC1(C(=O)O)CCCCC1. The van der Waals surface area contributed by atoms with E-state index >= 15 is 0 Å². The summed E-state index contributed by atoms with van der Waals surface area (Å²) in [4.78, 5) is 33.1. The molecule has 0 aromatic heterocycles. The fourth-order valence-electron chi connectivity index (χ4n) is 2.17. The van der Waals surface area contributed by atoms with E-state index < -0.39 is 23.3 Å². The highest BCUT2D eigenvalue weighted by molar-refractivity contribution is 5.83. The first-order chi connectivity index (χ1) is 8.46. The Labute approximate surface area is 105 Å². The van der Waals surface area contributed by atoms with Gasteiger partial charge < -0.3 is 21.5 Å². The molecule has 0 saturated heterocycles. The van der Waals surface area contributed by atoms with Gasteiger partial charge in [0.15, 0.2) is 0 Å². The zero-order valence-electron chi connectivity index (χ0n) is 10.2. The molecule has 1 rings (SSSR count). The number of hydrogen-bond acceptors (Lipinski definition) is 3. The van der Waals surface area contributed by atoms with Crippen molar-refractivity contribution in [3.05, 3.63) is 0 Å². The summed E-state index contributed by atoms with van der Waals surface area (Å²) < 4.78 is 0. The van der Waals surface area contributed by atoms with Crippen molar-refractivity contribution in [3.8, 4) is 0 Å². The molecule has 0 unspecified atom stereocenters. The molecular formula is C11H19N3O4. The van der Waals surface area contributed by atoms with Crippen molar-refractivity contribution >= 4 is 17.9 Å². The van der Waals surface area contributed by atoms with E-state index in [9.17, 15) is 19.5 Å². The van der Waals surface area contributed by atoms with Crippen molar-refractivity contribution in [2.45, 2.75) is 32.1 Å². The number of nitrogens with one attached hydrogen (secondary N) is 2. The molecule has 3 amide bonds. The first-order valence-corrected chi connectivity index (χ1v) is 6.00. The van der Waals surface area contributed by atoms with Crippen molar-refractivity contribution in [2.24, 2.45) is 11.1 Å². The molecule has 1 aliphatic rings.